The Hall–Kier alpha value is -2.82. The quantitative estimate of drug-likeness (QED) is 0.912. The van der Waals surface area contributed by atoms with Crippen LogP contribution in [0.5, 0.6) is 0 Å². The molecule has 2 N–H and O–H groups in total. The van der Waals surface area contributed by atoms with E-state index in [1.165, 1.54) is 5.56 Å². The van der Waals surface area contributed by atoms with Crippen LogP contribution in [0.2, 0.25) is 0 Å². The lowest BCUT2D eigenvalue weighted by molar-refractivity contribution is -0.122. The fraction of sp³-hybridized carbons (Fsp3) is 0.364. The molecule has 2 aliphatic rings. The number of rotatable bonds is 3. The van der Waals surface area contributed by atoms with Gasteiger partial charge in [0.25, 0.3) is 5.91 Å². The molecule has 2 atom stereocenters. The molecule has 4 rings (SSSR count). The number of fused-ring (bicyclic) bond motifs is 1. The molecule has 0 radical (unpaired) electrons. The number of carbonyl (C=O) groups excluding carboxylic acids is 2. The van der Waals surface area contributed by atoms with Crippen molar-refractivity contribution in [3.63, 3.8) is 0 Å². The molecule has 1 fully saturated rings. The van der Waals surface area contributed by atoms with Crippen molar-refractivity contribution in [1.29, 1.82) is 0 Å². The van der Waals surface area contributed by atoms with Crippen LogP contribution in [0.1, 0.15) is 35.7 Å². The largest absolute Gasteiger partial charge is 0.371 e. The summed E-state index contributed by atoms with van der Waals surface area (Å²) in [4.78, 5) is 28.7. The summed E-state index contributed by atoms with van der Waals surface area (Å²) in [5.41, 5.74) is 9.43. The Morgan fingerprint density at radius 3 is 2.56 bits per heavy atom. The van der Waals surface area contributed by atoms with Crippen LogP contribution in [0.3, 0.4) is 0 Å². The topological polar surface area (TPSA) is 66.6 Å². The maximum absolute atomic E-state index is 13.1. The number of amides is 2. The van der Waals surface area contributed by atoms with Gasteiger partial charge in [0.2, 0.25) is 5.91 Å². The predicted octanol–water partition coefficient (Wildman–Crippen LogP) is 2.98. The van der Waals surface area contributed by atoms with Crippen molar-refractivity contribution in [3.05, 3.63) is 59.7 Å². The van der Waals surface area contributed by atoms with Crippen LogP contribution in [0.15, 0.2) is 48.5 Å². The van der Waals surface area contributed by atoms with Crippen LogP contribution >= 0.6 is 0 Å². The fourth-order valence-electron chi connectivity index (χ4n) is 4.27. The van der Waals surface area contributed by atoms with Gasteiger partial charge in [0.1, 0.15) is 0 Å². The molecular formula is C22H25N3O2. The lowest BCUT2D eigenvalue weighted by Crippen LogP contribution is -2.41. The smallest absolute Gasteiger partial charge is 0.258 e. The van der Waals surface area contributed by atoms with Crippen LogP contribution in [-0.4, -0.2) is 30.9 Å². The molecule has 0 unspecified atom stereocenters. The number of para-hydroxylation sites is 1. The minimum Gasteiger partial charge on any atom is -0.371 e. The molecule has 0 aromatic heterocycles. The molecule has 0 saturated carbocycles. The van der Waals surface area contributed by atoms with E-state index in [1.54, 1.807) is 0 Å². The van der Waals surface area contributed by atoms with E-state index < -0.39 is 0 Å². The number of nitrogens with two attached hydrogens (primary N) is 1. The van der Waals surface area contributed by atoms with E-state index in [9.17, 15) is 9.59 Å². The summed E-state index contributed by atoms with van der Waals surface area (Å²) in [6.07, 6.45) is 2.70. The highest BCUT2D eigenvalue weighted by molar-refractivity contribution is 6.07. The third-order valence-electron chi connectivity index (χ3n) is 5.73. The van der Waals surface area contributed by atoms with E-state index in [-0.39, 0.29) is 23.8 Å². The molecular weight excluding hydrogens is 338 g/mol. The zero-order chi connectivity index (χ0) is 19.0. The number of benzene rings is 2. The minimum atomic E-state index is -0.229. The molecule has 0 spiro atoms. The molecule has 2 aliphatic heterocycles. The second-order valence-corrected chi connectivity index (χ2v) is 7.59. The summed E-state index contributed by atoms with van der Waals surface area (Å²) in [6, 6.07) is 16.0. The van der Waals surface area contributed by atoms with Gasteiger partial charge in [-0.15, -0.1) is 0 Å². The number of nitrogens with zero attached hydrogens (tertiary/aromatic N) is 2. The monoisotopic (exact) mass is 363 g/mol. The number of hydrogen-bond donors (Lipinski definition) is 1. The Bertz CT molecular complexity index is 862. The Labute approximate surface area is 159 Å². The van der Waals surface area contributed by atoms with E-state index in [0.29, 0.717) is 12.1 Å². The van der Waals surface area contributed by atoms with E-state index >= 15 is 0 Å². The van der Waals surface area contributed by atoms with Crippen molar-refractivity contribution in [2.45, 2.75) is 32.2 Å². The molecule has 2 aromatic carbocycles. The first-order valence-electron chi connectivity index (χ1n) is 9.60. The molecule has 140 valence electrons. The van der Waals surface area contributed by atoms with E-state index in [4.69, 9.17) is 5.73 Å². The second-order valence-electron chi connectivity index (χ2n) is 7.59. The van der Waals surface area contributed by atoms with Gasteiger partial charge in [-0.2, -0.15) is 0 Å². The number of carbonyl (C=O) groups is 2. The first-order chi connectivity index (χ1) is 13.0. The first-order valence-corrected chi connectivity index (χ1v) is 9.60. The van der Waals surface area contributed by atoms with Gasteiger partial charge in [0.05, 0.1) is 5.92 Å². The predicted molar refractivity (Wildman–Crippen MR) is 107 cm³/mol. The van der Waals surface area contributed by atoms with Gasteiger partial charge >= 0.3 is 0 Å². The van der Waals surface area contributed by atoms with Crippen molar-refractivity contribution >= 4 is 23.2 Å². The first kappa shape index (κ1) is 17.6. The minimum absolute atomic E-state index is 0.0349. The Morgan fingerprint density at radius 2 is 1.81 bits per heavy atom. The van der Waals surface area contributed by atoms with Gasteiger partial charge in [0, 0.05) is 36.1 Å². The third-order valence-corrected chi connectivity index (χ3v) is 5.73. The van der Waals surface area contributed by atoms with E-state index in [1.807, 2.05) is 47.4 Å². The molecule has 5 nitrogen and oxygen atoms in total. The van der Waals surface area contributed by atoms with Gasteiger partial charge in [0.15, 0.2) is 0 Å². The third kappa shape index (κ3) is 3.29. The lowest BCUT2D eigenvalue weighted by Gasteiger charge is -2.33. The maximum atomic E-state index is 13.1. The van der Waals surface area contributed by atoms with Crippen LogP contribution in [-0.2, 0) is 11.2 Å². The Morgan fingerprint density at radius 1 is 1.07 bits per heavy atom. The number of piperidine rings is 1. The molecule has 2 heterocycles. The van der Waals surface area contributed by atoms with Crippen LogP contribution in [0.4, 0.5) is 11.4 Å². The summed E-state index contributed by atoms with van der Waals surface area (Å²) in [5.74, 6) is -0.289. The SMILES string of the molecule is C[C@H]1Cc2ccccc2N1C(=O)c1ccc(N2CCC[C@H](C(N)=O)C2)cc1. The average molecular weight is 363 g/mol. The van der Waals surface area contributed by atoms with Crippen molar-refractivity contribution < 1.29 is 9.59 Å². The number of anilines is 2. The molecule has 2 amide bonds. The van der Waals surface area contributed by atoms with Crippen molar-refractivity contribution in [2.75, 3.05) is 22.9 Å². The molecule has 0 bridgehead atoms. The zero-order valence-electron chi connectivity index (χ0n) is 15.6. The van der Waals surface area contributed by atoms with Crippen LogP contribution < -0.4 is 15.5 Å². The van der Waals surface area contributed by atoms with E-state index in [0.717, 1.165) is 37.2 Å². The highest BCUT2D eigenvalue weighted by Gasteiger charge is 2.31. The van der Waals surface area contributed by atoms with Gasteiger partial charge < -0.3 is 15.5 Å². The second kappa shape index (κ2) is 7.06. The summed E-state index contributed by atoms with van der Waals surface area (Å²) < 4.78 is 0. The highest BCUT2D eigenvalue weighted by atomic mass is 16.2. The maximum Gasteiger partial charge on any atom is 0.258 e. The summed E-state index contributed by atoms with van der Waals surface area (Å²) >= 11 is 0. The summed E-state index contributed by atoms with van der Waals surface area (Å²) in [5, 5.41) is 0. The number of primary amides is 1. The van der Waals surface area contributed by atoms with Gasteiger partial charge in [-0.05, 0) is 62.1 Å². The van der Waals surface area contributed by atoms with E-state index in [2.05, 4.69) is 17.9 Å². The standard InChI is InChI=1S/C22H25N3O2/c1-15-13-17-5-2-3-7-20(17)25(15)22(27)16-8-10-19(11-9-16)24-12-4-6-18(14-24)21(23)26/h2-3,5,7-11,15,18H,4,6,12-14H2,1H3,(H2,23,26)/t15-,18-/m0/s1. The molecule has 1 saturated heterocycles. The normalized spacial score (nSPS) is 21.8. The average Bonchev–Trinajstić information content (AvgIpc) is 3.03. The fourth-order valence-corrected chi connectivity index (χ4v) is 4.27. The van der Waals surface area contributed by atoms with Crippen molar-refractivity contribution in [2.24, 2.45) is 11.7 Å². The zero-order valence-corrected chi connectivity index (χ0v) is 15.6. The van der Waals surface area contributed by atoms with Gasteiger partial charge in [-0.25, -0.2) is 0 Å². The lowest BCUT2D eigenvalue weighted by atomic mass is 9.97. The van der Waals surface area contributed by atoms with Crippen LogP contribution in [0, 0.1) is 5.92 Å². The Balaban J connectivity index is 1.52. The van der Waals surface area contributed by atoms with Crippen molar-refractivity contribution in [1.82, 2.24) is 0 Å². The van der Waals surface area contributed by atoms with Crippen molar-refractivity contribution in [3.8, 4) is 0 Å². The van der Waals surface area contributed by atoms with Crippen LogP contribution in [0.25, 0.3) is 0 Å². The molecule has 27 heavy (non-hydrogen) atoms. The van der Waals surface area contributed by atoms with Gasteiger partial charge in [-0.1, -0.05) is 18.2 Å². The summed E-state index contributed by atoms with van der Waals surface area (Å²) in [7, 11) is 0. The highest BCUT2D eigenvalue weighted by Crippen LogP contribution is 2.33. The molecule has 2 aromatic rings. The van der Waals surface area contributed by atoms with Gasteiger partial charge in [-0.3, -0.25) is 9.59 Å². The number of hydrogen-bond acceptors (Lipinski definition) is 3. The summed E-state index contributed by atoms with van der Waals surface area (Å²) in [6.45, 7) is 3.65. The Kier molecular flexibility index (Phi) is 4.60. The molecule has 0 aliphatic carbocycles. The molecule has 5 heteroatoms.